The fourth-order valence-corrected chi connectivity index (χ4v) is 3.78. The Hall–Kier alpha value is -1.80. The summed E-state index contributed by atoms with van der Waals surface area (Å²) in [6, 6.07) is 4.67. The van der Waals surface area contributed by atoms with Crippen molar-refractivity contribution in [1.29, 1.82) is 0 Å². The van der Waals surface area contributed by atoms with Crippen LogP contribution >= 0.6 is 0 Å². The van der Waals surface area contributed by atoms with Crippen molar-refractivity contribution < 1.29 is 13.2 Å². The number of amides is 1. The fourth-order valence-electron chi connectivity index (χ4n) is 2.08. The highest BCUT2D eigenvalue weighted by Crippen LogP contribution is 2.37. The van der Waals surface area contributed by atoms with Gasteiger partial charge in [0, 0.05) is 6.08 Å². The summed E-state index contributed by atoms with van der Waals surface area (Å²) in [5, 5.41) is 0. The van der Waals surface area contributed by atoms with Crippen molar-refractivity contribution in [2.24, 2.45) is 14.6 Å². The van der Waals surface area contributed by atoms with Crippen molar-refractivity contribution in [3.8, 4) is 0 Å². The molecule has 0 bridgehead atoms. The van der Waals surface area contributed by atoms with E-state index in [1.807, 2.05) is 6.92 Å². The SMILES string of the molecule is CC(=CC(=O)NS(=O)(=O)c1cccc2c1N=S=N2)C1CC1. The third-order valence-corrected chi connectivity index (χ3v) is 5.27. The summed E-state index contributed by atoms with van der Waals surface area (Å²) >= 11 is 0.936. The van der Waals surface area contributed by atoms with Gasteiger partial charge in [-0.2, -0.15) is 8.73 Å². The Morgan fingerprint density at radius 2 is 2.14 bits per heavy atom. The zero-order valence-electron chi connectivity index (χ0n) is 11.2. The number of carbonyl (C=O) groups excluding carboxylic acids is 1. The number of benzene rings is 1. The number of allylic oxidation sites excluding steroid dienone is 1. The quantitative estimate of drug-likeness (QED) is 0.877. The lowest BCUT2D eigenvalue weighted by Gasteiger charge is -2.07. The normalized spacial score (nSPS) is 17.3. The summed E-state index contributed by atoms with van der Waals surface area (Å²) in [7, 11) is -3.95. The number of carbonyl (C=O) groups is 1. The lowest BCUT2D eigenvalue weighted by molar-refractivity contribution is -0.114. The third-order valence-electron chi connectivity index (χ3n) is 3.35. The molecule has 0 unspecified atom stereocenters. The van der Waals surface area contributed by atoms with E-state index in [1.165, 1.54) is 12.1 Å². The number of sulfonamides is 1. The first-order valence-electron chi connectivity index (χ1n) is 6.43. The van der Waals surface area contributed by atoms with Gasteiger partial charge in [0.2, 0.25) is 0 Å². The zero-order chi connectivity index (χ0) is 15.0. The highest BCUT2D eigenvalue weighted by atomic mass is 32.2. The third kappa shape index (κ3) is 2.96. The van der Waals surface area contributed by atoms with Crippen LogP contribution in [0.25, 0.3) is 0 Å². The Kier molecular flexibility index (Phi) is 3.50. The van der Waals surface area contributed by atoms with Gasteiger partial charge in [-0.3, -0.25) is 4.79 Å². The van der Waals surface area contributed by atoms with E-state index in [4.69, 9.17) is 0 Å². The van der Waals surface area contributed by atoms with E-state index in [9.17, 15) is 13.2 Å². The predicted molar refractivity (Wildman–Crippen MR) is 79.8 cm³/mol. The molecule has 6 nitrogen and oxygen atoms in total. The highest BCUT2D eigenvalue weighted by molar-refractivity contribution is 7.90. The molecule has 0 radical (unpaired) electrons. The molecule has 0 saturated heterocycles. The van der Waals surface area contributed by atoms with E-state index in [0.29, 0.717) is 11.6 Å². The molecule has 3 rings (SSSR count). The average Bonchev–Trinajstić information content (AvgIpc) is 3.15. The maximum Gasteiger partial charge on any atom is 0.266 e. The molecular weight excluding hydrogens is 310 g/mol. The van der Waals surface area contributed by atoms with Gasteiger partial charge in [-0.25, -0.2) is 13.1 Å². The van der Waals surface area contributed by atoms with Gasteiger partial charge in [-0.1, -0.05) is 11.6 Å². The molecule has 1 amide bonds. The summed E-state index contributed by atoms with van der Waals surface area (Å²) in [6.07, 6.45) is 3.48. The van der Waals surface area contributed by atoms with E-state index in [0.717, 1.165) is 29.8 Å². The molecule has 8 heteroatoms. The number of nitrogens with one attached hydrogen (secondary N) is 1. The number of nitrogens with zero attached hydrogens (tertiary/aromatic N) is 2. The van der Waals surface area contributed by atoms with Crippen molar-refractivity contribution in [3.05, 3.63) is 29.8 Å². The van der Waals surface area contributed by atoms with E-state index in [2.05, 4.69) is 13.4 Å². The molecule has 1 heterocycles. The summed E-state index contributed by atoms with van der Waals surface area (Å²) in [5.41, 5.74) is 1.70. The van der Waals surface area contributed by atoms with Crippen LogP contribution in [0.5, 0.6) is 0 Å². The smallest absolute Gasteiger partial charge is 0.266 e. The Morgan fingerprint density at radius 1 is 1.38 bits per heavy atom. The van der Waals surface area contributed by atoms with Gasteiger partial charge in [0.05, 0.1) is 11.4 Å². The maximum absolute atomic E-state index is 12.3. The molecule has 110 valence electrons. The Balaban J connectivity index is 1.85. The molecule has 1 saturated carbocycles. The predicted octanol–water partition coefficient (Wildman–Crippen LogP) is 2.57. The average molecular weight is 323 g/mol. The first kappa shape index (κ1) is 14.2. The molecule has 0 spiro atoms. The van der Waals surface area contributed by atoms with Crippen LogP contribution < -0.4 is 4.72 Å². The zero-order valence-corrected chi connectivity index (χ0v) is 12.9. The minimum absolute atomic E-state index is 0.0282. The maximum atomic E-state index is 12.3. The molecule has 21 heavy (non-hydrogen) atoms. The van der Waals surface area contributed by atoms with Gasteiger partial charge in [-0.15, -0.1) is 0 Å². The minimum Gasteiger partial charge on any atom is -0.269 e. The van der Waals surface area contributed by atoms with Gasteiger partial charge >= 0.3 is 0 Å². The lowest BCUT2D eigenvalue weighted by atomic mass is 10.2. The molecular formula is C13H13N3O3S2. The standard InChI is InChI=1S/C13H13N3O3S2/c1-8(9-5-6-9)7-12(17)16-21(18,19)11-4-2-3-10-13(11)15-20-14-10/h2-4,7,9H,5-6H2,1H3,(H,16,17). The molecule has 1 aliphatic carbocycles. The van der Waals surface area contributed by atoms with Crippen molar-refractivity contribution in [2.45, 2.75) is 24.7 Å². The Labute approximate surface area is 126 Å². The monoisotopic (exact) mass is 323 g/mol. The number of rotatable bonds is 4. The molecule has 1 fully saturated rings. The second kappa shape index (κ2) is 5.19. The van der Waals surface area contributed by atoms with Crippen LogP contribution in [0.15, 0.2) is 43.5 Å². The molecule has 1 N–H and O–H groups in total. The van der Waals surface area contributed by atoms with E-state index >= 15 is 0 Å². The molecule has 0 aromatic heterocycles. The molecule has 0 atom stereocenters. The van der Waals surface area contributed by atoms with Crippen molar-refractivity contribution in [2.75, 3.05) is 0 Å². The largest absolute Gasteiger partial charge is 0.269 e. The number of fused-ring (bicyclic) bond motifs is 1. The summed E-state index contributed by atoms with van der Waals surface area (Å²) in [5.74, 6) is -0.204. The Bertz CT molecular complexity index is 817. The molecule has 1 aliphatic heterocycles. The van der Waals surface area contributed by atoms with Crippen LogP contribution in [-0.2, 0) is 26.2 Å². The van der Waals surface area contributed by atoms with Crippen molar-refractivity contribution in [1.82, 2.24) is 4.72 Å². The second-order valence-corrected chi connectivity index (χ2v) is 7.20. The van der Waals surface area contributed by atoms with Crippen molar-refractivity contribution in [3.63, 3.8) is 0 Å². The van der Waals surface area contributed by atoms with Crippen LogP contribution in [0.3, 0.4) is 0 Å². The van der Waals surface area contributed by atoms with E-state index < -0.39 is 15.9 Å². The van der Waals surface area contributed by atoms with Gasteiger partial charge in [0.25, 0.3) is 15.9 Å². The molecule has 1 aromatic carbocycles. The van der Waals surface area contributed by atoms with Crippen LogP contribution in [0.1, 0.15) is 19.8 Å². The first-order valence-corrected chi connectivity index (χ1v) is 8.65. The van der Waals surface area contributed by atoms with E-state index in [1.54, 1.807) is 12.1 Å². The molecule has 1 aromatic rings. The van der Waals surface area contributed by atoms with E-state index in [-0.39, 0.29) is 10.6 Å². The van der Waals surface area contributed by atoms with Crippen LogP contribution in [0, 0.1) is 5.92 Å². The van der Waals surface area contributed by atoms with Gasteiger partial charge in [0.15, 0.2) is 0 Å². The lowest BCUT2D eigenvalue weighted by Crippen LogP contribution is -2.29. The van der Waals surface area contributed by atoms with Crippen LogP contribution in [-0.4, -0.2) is 14.3 Å². The minimum atomic E-state index is -3.95. The number of hydrogen-bond donors (Lipinski definition) is 1. The second-order valence-electron chi connectivity index (χ2n) is 5.02. The fraction of sp³-hybridized carbons (Fsp3) is 0.308. The van der Waals surface area contributed by atoms with Gasteiger partial charge in [-0.05, 0) is 37.8 Å². The van der Waals surface area contributed by atoms with Gasteiger partial charge < -0.3 is 0 Å². The van der Waals surface area contributed by atoms with Gasteiger partial charge in [0.1, 0.15) is 16.3 Å². The summed E-state index contributed by atoms with van der Waals surface area (Å²) in [4.78, 5) is 11.8. The van der Waals surface area contributed by atoms with Crippen LogP contribution in [0.4, 0.5) is 11.4 Å². The first-order chi connectivity index (χ1) is 9.97. The molecule has 2 aliphatic rings. The summed E-state index contributed by atoms with van der Waals surface area (Å²) in [6.45, 7) is 1.84. The van der Waals surface area contributed by atoms with Crippen LogP contribution in [0.2, 0.25) is 0 Å². The Morgan fingerprint density at radius 3 is 2.86 bits per heavy atom. The highest BCUT2D eigenvalue weighted by Gasteiger charge is 2.26. The number of hydrogen-bond acceptors (Lipinski definition) is 5. The van der Waals surface area contributed by atoms with Crippen molar-refractivity contribution >= 4 is 38.7 Å². The summed E-state index contributed by atoms with van der Waals surface area (Å²) < 4.78 is 34.6. The topological polar surface area (TPSA) is 88.0 Å².